The van der Waals surface area contributed by atoms with Crippen LogP contribution in [-0.4, -0.2) is 5.78 Å². The van der Waals surface area contributed by atoms with Gasteiger partial charge in [0.05, 0.1) is 0 Å². The largest absolute Gasteiger partial charge is 0.287 e. The maximum Gasteiger partial charge on any atom is 0.228 e. The molecule has 0 amide bonds. The van der Waals surface area contributed by atoms with Crippen LogP contribution in [0.4, 0.5) is 0 Å². The van der Waals surface area contributed by atoms with Gasteiger partial charge in [0.2, 0.25) is 12.3 Å². The molecular formula is C21H22NO+. The second kappa shape index (κ2) is 5.96. The van der Waals surface area contributed by atoms with Crippen molar-refractivity contribution in [2.45, 2.75) is 32.7 Å². The van der Waals surface area contributed by atoms with Crippen LogP contribution < -0.4 is 4.57 Å². The molecule has 0 bridgehead atoms. The molecule has 0 fully saturated rings. The second-order valence-corrected chi connectivity index (χ2v) is 6.96. The number of carbonyl (C=O) groups is 1. The summed E-state index contributed by atoms with van der Waals surface area (Å²) in [4.78, 5) is 12.7. The summed E-state index contributed by atoms with van der Waals surface area (Å²) in [6.45, 7) is 6.92. The first-order valence-electron chi connectivity index (χ1n) is 7.96. The van der Waals surface area contributed by atoms with Gasteiger partial charge in [-0.3, -0.25) is 4.79 Å². The Morgan fingerprint density at radius 2 is 1.57 bits per heavy atom. The molecule has 1 aromatic heterocycles. The summed E-state index contributed by atoms with van der Waals surface area (Å²) in [6.07, 6.45) is 3.98. The monoisotopic (exact) mass is 304 g/mol. The van der Waals surface area contributed by atoms with E-state index in [0.717, 1.165) is 16.3 Å². The van der Waals surface area contributed by atoms with Crippen LogP contribution in [0.25, 0.3) is 10.8 Å². The van der Waals surface area contributed by atoms with Gasteiger partial charge in [-0.2, -0.15) is 4.57 Å². The normalized spacial score (nSPS) is 11.6. The highest BCUT2D eigenvalue weighted by molar-refractivity contribution is 6.07. The number of rotatable bonds is 3. The number of hydrogen-bond donors (Lipinski definition) is 0. The Hall–Kier alpha value is -2.48. The molecule has 0 N–H and O–H groups in total. The fourth-order valence-electron chi connectivity index (χ4n) is 2.78. The number of aromatic nitrogens is 1. The van der Waals surface area contributed by atoms with Crippen molar-refractivity contribution in [3.8, 4) is 0 Å². The van der Waals surface area contributed by atoms with Crippen molar-refractivity contribution in [1.29, 1.82) is 0 Å². The van der Waals surface area contributed by atoms with Gasteiger partial charge in [-0.15, -0.1) is 0 Å². The minimum atomic E-state index is 0.124. The molecule has 116 valence electrons. The molecule has 0 spiro atoms. The quantitative estimate of drug-likeness (QED) is 0.522. The van der Waals surface area contributed by atoms with Crippen LogP contribution in [0.15, 0.2) is 67.0 Å². The number of Topliss-reactive ketones (excluding diaryl/α,β-unsaturated/α-hetero) is 1. The predicted molar refractivity (Wildman–Crippen MR) is 93.6 cm³/mol. The van der Waals surface area contributed by atoms with E-state index in [0.29, 0.717) is 6.54 Å². The highest BCUT2D eigenvalue weighted by Crippen LogP contribution is 2.21. The van der Waals surface area contributed by atoms with Gasteiger partial charge in [0, 0.05) is 17.7 Å². The molecule has 0 aliphatic heterocycles. The average molecular weight is 304 g/mol. The molecule has 3 rings (SSSR count). The Morgan fingerprint density at radius 3 is 2.26 bits per heavy atom. The summed E-state index contributed by atoms with van der Waals surface area (Å²) >= 11 is 0. The topological polar surface area (TPSA) is 20.9 Å². The summed E-state index contributed by atoms with van der Waals surface area (Å²) in [5, 5.41) is 2.12. The summed E-state index contributed by atoms with van der Waals surface area (Å²) < 4.78 is 1.94. The molecule has 1 heterocycles. The number of carbonyl (C=O) groups excluding carboxylic acids is 1. The first-order valence-corrected chi connectivity index (χ1v) is 7.96. The molecule has 2 heteroatoms. The van der Waals surface area contributed by atoms with Gasteiger partial charge in [0.1, 0.15) is 0 Å². The van der Waals surface area contributed by atoms with E-state index in [2.05, 4.69) is 32.9 Å². The van der Waals surface area contributed by atoms with Crippen molar-refractivity contribution in [3.63, 3.8) is 0 Å². The van der Waals surface area contributed by atoms with Gasteiger partial charge < -0.3 is 0 Å². The van der Waals surface area contributed by atoms with Crippen LogP contribution in [0.1, 0.15) is 36.7 Å². The number of nitrogens with zero attached hydrogens (tertiary/aromatic N) is 1. The fourth-order valence-corrected chi connectivity index (χ4v) is 2.78. The molecule has 2 nitrogen and oxygen atoms in total. The van der Waals surface area contributed by atoms with Crippen molar-refractivity contribution in [2.75, 3.05) is 0 Å². The van der Waals surface area contributed by atoms with Gasteiger partial charge in [-0.1, -0.05) is 63.2 Å². The third-order valence-corrected chi connectivity index (χ3v) is 4.17. The third kappa shape index (κ3) is 3.31. The molecule has 2 aromatic carbocycles. The number of benzene rings is 2. The van der Waals surface area contributed by atoms with Crippen molar-refractivity contribution in [1.82, 2.24) is 0 Å². The van der Waals surface area contributed by atoms with Crippen molar-refractivity contribution < 1.29 is 9.36 Å². The first-order chi connectivity index (χ1) is 10.9. The molecule has 0 aliphatic rings. The summed E-state index contributed by atoms with van der Waals surface area (Å²) in [5.41, 5.74) is 2.18. The Kier molecular flexibility index (Phi) is 3.99. The smallest absolute Gasteiger partial charge is 0.228 e. The molecule has 23 heavy (non-hydrogen) atoms. The van der Waals surface area contributed by atoms with E-state index in [1.165, 1.54) is 5.56 Å². The van der Waals surface area contributed by atoms with E-state index >= 15 is 0 Å². The summed E-state index contributed by atoms with van der Waals surface area (Å²) in [5.74, 6) is 0.135. The molecule has 3 aromatic rings. The number of fused-ring (bicyclic) bond motifs is 1. The Morgan fingerprint density at radius 1 is 0.913 bits per heavy atom. The van der Waals surface area contributed by atoms with E-state index < -0.39 is 0 Å². The number of hydrogen-bond acceptors (Lipinski definition) is 1. The molecule has 0 saturated heterocycles. The third-order valence-electron chi connectivity index (χ3n) is 4.17. The number of ketones is 1. The first kappa shape index (κ1) is 15.4. The molecule has 0 aliphatic carbocycles. The lowest BCUT2D eigenvalue weighted by Gasteiger charge is -2.17. The van der Waals surface area contributed by atoms with Crippen LogP contribution in [0, 0.1) is 0 Å². The van der Waals surface area contributed by atoms with Crippen LogP contribution in [-0.2, 0) is 12.0 Å². The van der Waals surface area contributed by atoms with Gasteiger partial charge in [0.15, 0.2) is 12.4 Å². The van der Waals surface area contributed by atoms with Crippen LogP contribution in [0.5, 0.6) is 0 Å². The fraction of sp³-hybridized carbons (Fsp3) is 0.238. The SMILES string of the molecule is CC(C)(C)c1cc[n+](CC(=O)c2cccc3ccccc23)cc1. The summed E-state index contributed by atoms with van der Waals surface area (Å²) in [7, 11) is 0. The lowest BCUT2D eigenvalue weighted by Crippen LogP contribution is -2.37. The summed E-state index contributed by atoms with van der Waals surface area (Å²) in [6, 6.07) is 18.1. The number of pyridine rings is 1. The lowest BCUT2D eigenvalue weighted by atomic mass is 9.88. The molecule has 0 saturated carbocycles. The van der Waals surface area contributed by atoms with Gasteiger partial charge in [0.25, 0.3) is 0 Å². The predicted octanol–water partition coefficient (Wildman–Crippen LogP) is 4.31. The Bertz CT molecular complexity index is 836. The van der Waals surface area contributed by atoms with Crippen LogP contribution in [0.3, 0.4) is 0 Å². The highest BCUT2D eigenvalue weighted by atomic mass is 16.1. The van der Waals surface area contributed by atoms with E-state index in [9.17, 15) is 4.79 Å². The zero-order valence-corrected chi connectivity index (χ0v) is 13.9. The van der Waals surface area contributed by atoms with Crippen molar-refractivity contribution >= 4 is 16.6 Å². The van der Waals surface area contributed by atoms with Gasteiger partial charge in [-0.05, 0) is 21.8 Å². The van der Waals surface area contributed by atoms with Gasteiger partial charge in [-0.25, -0.2) is 0 Å². The molecule has 0 atom stereocenters. The van der Waals surface area contributed by atoms with Crippen LogP contribution in [0.2, 0.25) is 0 Å². The maximum absolute atomic E-state index is 12.7. The molecule has 0 unspecified atom stereocenters. The van der Waals surface area contributed by atoms with Crippen molar-refractivity contribution in [3.05, 3.63) is 78.1 Å². The second-order valence-electron chi connectivity index (χ2n) is 6.96. The van der Waals surface area contributed by atoms with Crippen molar-refractivity contribution in [2.24, 2.45) is 0 Å². The maximum atomic E-state index is 12.7. The van der Waals surface area contributed by atoms with E-state index in [4.69, 9.17) is 0 Å². The van der Waals surface area contributed by atoms with Crippen LogP contribution >= 0.6 is 0 Å². The van der Waals surface area contributed by atoms with E-state index in [1.54, 1.807) is 0 Å². The minimum Gasteiger partial charge on any atom is -0.287 e. The Labute approximate surface area is 137 Å². The average Bonchev–Trinajstić information content (AvgIpc) is 2.54. The minimum absolute atomic E-state index is 0.124. The van der Waals surface area contributed by atoms with E-state index in [-0.39, 0.29) is 11.2 Å². The molecular weight excluding hydrogens is 282 g/mol. The highest BCUT2D eigenvalue weighted by Gasteiger charge is 2.17. The van der Waals surface area contributed by atoms with E-state index in [1.807, 2.05) is 59.4 Å². The lowest BCUT2D eigenvalue weighted by molar-refractivity contribution is -0.683. The molecule has 0 radical (unpaired) electrons. The Balaban J connectivity index is 1.86. The van der Waals surface area contributed by atoms with Gasteiger partial charge >= 0.3 is 0 Å². The standard InChI is InChI=1S/C21H22NO/c1-21(2,3)17-11-13-22(14-12-17)15-20(23)19-10-6-8-16-7-4-5-9-18(16)19/h4-14H,15H2,1-3H3/q+1. The zero-order valence-electron chi connectivity index (χ0n) is 13.9. The zero-order chi connectivity index (χ0) is 16.4.